The van der Waals surface area contributed by atoms with E-state index >= 15 is 0 Å². The molecular formula is C9H13NO3S. The predicted octanol–water partition coefficient (Wildman–Crippen LogP) is 0.661. The van der Waals surface area contributed by atoms with Crippen molar-refractivity contribution >= 4 is 22.8 Å². The summed E-state index contributed by atoms with van der Waals surface area (Å²) in [6.07, 6.45) is 3.12. The molecule has 2 rings (SSSR count). The van der Waals surface area contributed by atoms with Crippen molar-refractivity contribution in [1.29, 1.82) is 0 Å². The Morgan fingerprint density at radius 3 is 3.00 bits per heavy atom. The fourth-order valence-corrected chi connectivity index (χ4v) is 2.62. The second-order valence-electron chi connectivity index (χ2n) is 3.59. The highest BCUT2D eigenvalue weighted by molar-refractivity contribution is 8.14. The molecule has 1 N–H and O–H groups in total. The second-order valence-corrected chi connectivity index (χ2v) is 4.85. The molecule has 2 atom stereocenters. The summed E-state index contributed by atoms with van der Waals surface area (Å²) in [4.78, 5) is 22.0. The summed E-state index contributed by atoms with van der Waals surface area (Å²) >= 11 is 1.23. The molecule has 2 unspecified atom stereocenters. The summed E-state index contributed by atoms with van der Waals surface area (Å²) in [5, 5.41) is 2.80. The molecule has 0 spiro atoms. The monoisotopic (exact) mass is 215 g/mol. The van der Waals surface area contributed by atoms with Gasteiger partial charge in [0.2, 0.25) is 5.91 Å². The lowest BCUT2D eigenvalue weighted by atomic mass is 10.2. The van der Waals surface area contributed by atoms with E-state index in [9.17, 15) is 9.59 Å². The lowest BCUT2D eigenvalue weighted by Gasteiger charge is -2.25. The highest BCUT2D eigenvalue weighted by atomic mass is 32.2. The Kier molecular flexibility index (Phi) is 3.08. The number of hydrogen-bond acceptors (Lipinski definition) is 4. The van der Waals surface area contributed by atoms with Crippen molar-refractivity contribution in [3.05, 3.63) is 0 Å². The van der Waals surface area contributed by atoms with Crippen molar-refractivity contribution in [3.63, 3.8) is 0 Å². The van der Waals surface area contributed by atoms with Crippen LogP contribution in [0.2, 0.25) is 0 Å². The van der Waals surface area contributed by atoms with E-state index in [0.717, 1.165) is 19.4 Å². The minimum absolute atomic E-state index is 0.0106. The number of ether oxygens (including phenoxy) is 1. The van der Waals surface area contributed by atoms with Gasteiger partial charge in [0, 0.05) is 13.0 Å². The third-order valence-corrected chi connectivity index (χ3v) is 3.38. The Morgan fingerprint density at radius 2 is 2.43 bits per heavy atom. The SMILES string of the molecule is O=C1CC(SC(=O)CC2CCCO2)N1. The van der Waals surface area contributed by atoms with Crippen molar-refractivity contribution < 1.29 is 14.3 Å². The molecule has 1 amide bonds. The van der Waals surface area contributed by atoms with Crippen LogP contribution in [0, 0.1) is 0 Å². The summed E-state index contributed by atoms with van der Waals surface area (Å²) < 4.78 is 5.36. The molecule has 4 nitrogen and oxygen atoms in total. The summed E-state index contributed by atoms with van der Waals surface area (Å²) in [7, 11) is 0. The van der Waals surface area contributed by atoms with Crippen LogP contribution in [-0.4, -0.2) is 29.1 Å². The molecule has 2 aliphatic heterocycles. The largest absolute Gasteiger partial charge is 0.378 e. The number of nitrogens with one attached hydrogen (secondary N) is 1. The van der Waals surface area contributed by atoms with Crippen molar-refractivity contribution in [3.8, 4) is 0 Å². The van der Waals surface area contributed by atoms with Crippen molar-refractivity contribution in [2.75, 3.05) is 6.61 Å². The first-order valence-electron chi connectivity index (χ1n) is 4.84. The van der Waals surface area contributed by atoms with Crippen LogP contribution in [0.25, 0.3) is 0 Å². The van der Waals surface area contributed by atoms with Gasteiger partial charge in [-0.25, -0.2) is 0 Å². The number of hydrogen-bond donors (Lipinski definition) is 1. The minimum Gasteiger partial charge on any atom is -0.378 e. The van der Waals surface area contributed by atoms with Crippen molar-refractivity contribution in [1.82, 2.24) is 5.32 Å². The maximum Gasteiger partial charge on any atom is 0.223 e. The molecule has 0 bridgehead atoms. The quantitative estimate of drug-likeness (QED) is 0.703. The fourth-order valence-electron chi connectivity index (χ4n) is 1.60. The second kappa shape index (κ2) is 4.31. The average molecular weight is 215 g/mol. The molecule has 0 radical (unpaired) electrons. The van der Waals surface area contributed by atoms with Gasteiger partial charge in [0.25, 0.3) is 0 Å². The van der Waals surface area contributed by atoms with Crippen LogP contribution in [0.5, 0.6) is 0 Å². The van der Waals surface area contributed by atoms with Gasteiger partial charge >= 0.3 is 0 Å². The molecule has 2 heterocycles. The van der Waals surface area contributed by atoms with Crippen molar-refractivity contribution in [2.24, 2.45) is 0 Å². The van der Waals surface area contributed by atoms with E-state index < -0.39 is 0 Å². The molecule has 2 fully saturated rings. The van der Waals surface area contributed by atoms with Crippen LogP contribution in [0.3, 0.4) is 0 Å². The summed E-state index contributed by atoms with van der Waals surface area (Å²) in [6, 6.07) is 0. The molecule has 5 heteroatoms. The Bertz CT molecular complexity index is 242. The first-order chi connectivity index (χ1) is 6.74. The molecule has 0 saturated carbocycles. The van der Waals surface area contributed by atoms with E-state index in [0.29, 0.717) is 12.8 Å². The van der Waals surface area contributed by atoms with Gasteiger partial charge in [0.1, 0.15) is 0 Å². The first kappa shape index (κ1) is 9.98. The van der Waals surface area contributed by atoms with Crippen LogP contribution in [0.4, 0.5) is 0 Å². The van der Waals surface area contributed by atoms with Crippen LogP contribution >= 0.6 is 11.8 Å². The maximum absolute atomic E-state index is 11.4. The lowest BCUT2D eigenvalue weighted by molar-refractivity contribution is -0.126. The highest BCUT2D eigenvalue weighted by Gasteiger charge is 2.29. The molecule has 2 saturated heterocycles. The Labute approximate surface area is 86.8 Å². The molecule has 0 aromatic carbocycles. The minimum atomic E-state index is 0.0106. The van der Waals surface area contributed by atoms with Crippen LogP contribution < -0.4 is 5.32 Å². The van der Waals surface area contributed by atoms with E-state index in [1.807, 2.05) is 0 Å². The molecular weight excluding hydrogens is 202 g/mol. The molecule has 0 aliphatic carbocycles. The summed E-state index contributed by atoms with van der Waals surface area (Å²) in [5.74, 6) is 0.0346. The summed E-state index contributed by atoms with van der Waals surface area (Å²) in [5.41, 5.74) is 0. The molecule has 0 aromatic heterocycles. The molecule has 78 valence electrons. The first-order valence-corrected chi connectivity index (χ1v) is 5.72. The van der Waals surface area contributed by atoms with Gasteiger partial charge in [-0.1, -0.05) is 11.8 Å². The Morgan fingerprint density at radius 1 is 1.64 bits per heavy atom. The third kappa shape index (κ3) is 2.48. The van der Waals surface area contributed by atoms with E-state index in [4.69, 9.17) is 4.74 Å². The predicted molar refractivity (Wildman–Crippen MR) is 52.7 cm³/mol. The van der Waals surface area contributed by atoms with E-state index in [1.54, 1.807) is 0 Å². The van der Waals surface area contributed by atoms with Gasteiger partial charge in [-0.2, -0.15) is 0 Å². The van der Waals surface area contributed by atoms with Crippen LogP contribution in [0.1, 0.15) is 25.7 Å². The normalized spacial score (nSPS) is 31.0. The Balaban J connectivity index is 1.65. The van der Waals surface area contributed by atoms with Crippen molar-refractivity contribution in [2.45, 2.75) is 37.2 Å². The summed E-state index contributed by atoms with van der Waals surface area (Å²) in [6.45, 7) is 0.781. The fraction of sp³-hybridized carbons (Fsp3) is 0.778. The van der Waals surface area contributed by atoms with Gasteiger partial charge < -0.3 is 10.1 Å². The number of thioether (sulfide) groups is 1. The molecule has 2 aliphatic rings. The molecule has 14 heavy (non-hydrogen) atoms. The zero-order valence-electron chi connectivity index (χ0n) is 7.82. The lowest BCUT2D eigenvalue weighted by Crippen LogP contribution is -2.46. The number of rotatable bonds is 3. The van der Waals surface area contributed by atoms with Gasteiger partial charge in [-0.15, -0.1) is 0 Å². The van der Waals surface area contributed by atoms with E-state index in [1.165, 1.54) is 11.8 Å². The van der Waals surface area contributed by atoms with E-state index in [2.05, 4.69) is 5.32 Å². The smallest absolute Gasteiger partial charge is 0.223 e. The van der Waals surface area contributed by atoms with Gasteiger partial charge in [0.15, 0.2) is 5.12 Å². The maximum atomic E-state index is 11.4. The van der Waals surface area contributed by atoms with Gasteiger partial charge in [-0.05, 0) is 12.8 Å². The zero-order chi connectivity index (χ0) is 9.97. The Hall–Kier alpha value is -0.550. The third-order valence-electron chi connectivity index (χ3n) is 2.38. The number of carbonyl (C=O) groups excluding carboxylic acids is 2. The van der Waals surface area contributed by atoms with Gasteiger partial charge in [0.05, 0.1) is 17.9 Å². The highest BCUT2D eigenvalue weighted by Crippen LogP contribution is 2.24. The number of β-lactam (4-membered cyclic amide) rings is 1. The number of carbonyl (C=O) groups is 2. The number of amides is 1. The van der Waals surface area contributed by atoms with E-state index in [-0.39, 0.29) is 22.5 Å². The molecule has 0 aromatic rings. The van der Waals surface area contributed by atoms with Crippen LogP contribution in [0.15, 0.2) is 0 Å². The zero-order valence-corrected chi connectivity index (χ0v) is 8.64. The standard InChI is InChI=1S/C9H13NO3S/c11-7-5-8(10-7)14-9(12)4-6-2-1-3-13-6/h6,8H,1-5H2,(H,10,11). The van der Waals surface area contributed by atoms with Crippen LogP contribution in [-0.2, 0) is 14.3 Å². The topological polar surface area (TPSA) is 55.4 Å². The average Bonchev–Trinajstić information content (AvgIpc) is 2.54. The van der Waals surface area contributed by atoms with Gasteiger partial charge in [-0.3, -0.25) is 9.59 Å².